The number of anilines is 5. The first kappa shape index (κ1) is 97.3. The summed E-state index contributed by atoms with van der Waals surface area (Å²) in [4.78, 5) is 101. The van der Waals surface area contributed by atoms with Gasteiger partial charge in [-0.3, -0.25) is 63.4 Å². The summed E-state index contributed by atoms with van der Waals surface area (Å²) in [6, 6.07) is 54.3. The van der Waals surface area contributed by atoms with Crippen molar-refractivity contribution in [2.45, 2.75) is 47.2 Å². The van der Waals surface area contributed by atoms with Crippen LogP contribution in [-0.4, -0.2) is 131 Å². The summed E-state index contributed by atoms with van der Waals surface area (Å²) in [5.41, 5.74) is 16.6. The molecule has 5 N–H and O–H groups in total. The molecule has 0 aliphatic carbocycles. The number of aryl methyl sites for hydroxylation is 5. The van der Waals surface area contributed by atoms with E-state index in [1.165, 1.54) is 147 Å². The van der Waals surface area contributed by atoms with Crippen molar-refractivity contribution < 1.29 is 68.6 Å². The van der Waals surface area contributed by atoms with Crippen molar-refractivity contribution in [2.24, 2.45) is 7.05 Å². The number of Topliss-reactive ketones (excluding diaryl/α,β-unsaturated/α-hetero) is 1. The molecule has 0 saturated heterocycles. The highest BCUT2D eigenvalue weighted by molar-refractivity contribution is 6.16. The lowest BCUT2D eigenvalue weighted by molar-refractivity contribution is -0.137. The van der Waals surface area contributed by atoms with Crippen molar-refractivity contribution in [1.82, 2.24) is 88.6 Å². The third-order valence-corrected chi connectivity index (χ3v) is 22.9. The molecule has 722 valence electrons. The summed E-state index contributed by atoms with van der Waals surface area (Å²) in [7, 11) is 3.36. The summed E-state index contributed by atoms with van der Waals surface area (Å²) in [6.07, 6.45) is 24.0. The molecule has 0 saturated carbocycles. The molecule has 0 aliphatic heterocycles. The Kier molecular flexibility index (Phi) is 28.6. The van der Waals surface area contributed by atoms with Gasteiger partial charge >= 0.3 is 6.18 Å². The third kappa shape index (κ3) is 22.1. The monoisotopic (exact) mass is 1950 g/mol. The van der Waals surface area contributed by atoms with Crippen LogP contribution in [0.4, 0.5) is 63.6 Å². The van der Waals surface area contributed by atoms with Crippen LogP contribution in [0.5, 0.6) is 5.75 Å². The topological polar surface area (TPSA) is 356 Å². The van der Waals surface area contributed by atoms with Crippen LogP contribution in [0.2, 0.25) is 0 Å². The molecule has 5 amide bonds. The molecular formula is C107H81F8N23O7. The predicted molar refractivity (Wildman–Crippen MR) is 531 cm³/mol. The van der Waals surface area contributed by atoms with E-state index < -0.39 is 23.5 Å². The molecule has 12 heterocycles. The number of carbonyl (C=O) groups is 6. The number of fused-ring (bicyclic) bond motifs is 5. The van der Waals surface area contributed by atoms with Crippen molar-refractivity contribution in [2.75, 3.05) is 33.7 Å². The van der Waals surface area contributed by atoms with Crippen LogP contribution in [0.15, 0.2) is 324 Å². The average molecular weight is 1950 g/mol. The lowest BCUT2D eigenvalue weighted by atomic mass is 10.0. The molecule has 0 bridgehead atoms. The normalized spacial score (nSPS) is 11.1. The second kappa shape index (κ2) is 42.6. The second-order valence-corrected chi connectivity index (χ2v) is 32.9. The van der Waals surface area contributed by atoms with E-state index in [1.807, 2.05) is 77.2 Å². The van der Waals surface area contributed by atoms with Gasteiger partial charge in [-0.2, -0.15) is 43.8 Å². The molecule has 0 unspecified atom stereocenters. The number of methoxy groups -OCH3 is 1. The maximum atomic E-state index is 13.3. The number of ether oxygens (including phenoxy) is 1. The van der Waals surface area contributed by atoms with Gasteiger partial charge in [0.25, 0.3) is 29.5 Å². The Bertz CT molecular complexity index is 8440. The third-order valence-electron chi connectivity index (χ3n) is 22.9. The number of nitrogens with one attached hydrogen (secondary N) is 5. The smallest absolute Gasteiger partial charge is 0.416 e. The molecule has 0 radical (unpaired) electrons. The summed E-state index contributed by atoms with van der Waals surface area (Å²) in [5.74, 6) is -3.04. The number of benzene rings is 9. The number of halogens is 8. The number of amides is 5. The van der Waals surface area contributed by atoms with E-state index in [9.17, 15) is 63.9 Å². The number of rotatable bonds is 19. The first-order chi connectivity index (χ1) is 69.9. The maximum Gasteiger partial charge on any atom is 0.416 e. The van der Waals surface area contributed by atoms with Crippen LogP contribution in [0.3, 0.4) is 0 Å². The summed E-state index contributed by atoms with van der Waals surface area (Å²) < 4.78 is 120. The number of hydrogen-bond donors (Lipinski definition) is 5. The fourth-order valence-electron chi connectivity index (χ4n) is 15.9. The number of aromatic nitrogens is 18. The van der Waals surface area contributed by atoms with E-state index in [0.717, 1.165) is 56.9 Å². The average Bonchev–Trinajstić information content (AvgIpc) is 1.66. The van der Waals surface area contributed by atoms with Crippen LogP contribution in [0, 0.1) is 56.8 Å². The molecule has 0 atom stereocenters. The molecule has 38 heteroatoms. The van der Waals surface area contributed by atoms with E-state index in [4.69, 9.17) is 4.74 Å². The molecule has 21 aromatic rings. The fraction of sp³-hybridized carbons (Fsp3) is 0.0841. The van der Waals surface area contributed by atoms with Gasteiger partial charge in [-0.15, -0.1) is 0 Å². The fourth-order valence-corrected chi connectivity index (χ4v) is 15.9. The number of ketones is 1. The van der Waals surface area contributed by atoms with Crippen LogP contribution >= 0.6 is 0 Å². The molecule has 145 heavy (non-hydrogen) atoms. The second-order valence-electron chi connectivity index (χ2n) is 32.9. The molecule has 0 aliphatic rings. The lowest BCUT2D eigenvalue weighted by Crippen LogP contribution is -2.14. The Morgan fingerprint density at radius 3 is 1.03 bits per heavy atom. The largest absolute Gasteiger partial charge is 0.495 e. The molecule has 21 rings (SSSR count). The van der Waals surface area contributed by atoms with Gasteiger partial charge in [0.15, 0.2) is 0 Å². The summed E-state index contributed by atoms with van der Waals surface area (Å²) >= 11 is 0. The maximum absolute atomic E-state index is 13.3. The molecule has 9 aromatic carbocycles. The van der Waals surface area contributed by atoms with Crippen LogP contribution < -0.4 is 31.3 Å². The minimum absolute atomic E-state index is 0.00718. The zero-order valence-corrected chi connectivity index (χ0v) is 77.7. The van der Waals surface area contributed by atoms with Crippen LogP contribution in [-0.2, 0) is 24.4 Å². The Morgan fingerprint density at radius 2 is 0.690 bits per heavy atom. The van der Waals surface area contributed by atoms with E-state index in [1.54, 1.807) is 164 Å². The van der Waals surface area contributed by atoms with Crippen molar-refractivity contribution in [3.8, 4) is 45.4 Å². The Morgan fingerprint density at radius 1 is 0.338 bits per heavy atom. The SMILES string of the molecule is COc1cc(CC(C)=O)ccc1NC(=O)c1cncc2c1cnn2-c1ccc(F)cc1.Cc1cc(C)c(NC(=O)c2cncc3c2cnn3-c2ccc(F)cc2)c(C)c1.Cc1cnccc1NC(=O)c1cncc2c1cnn2-c1ccc(F)cc1.Cn1nccc1-c1cccc(NC(=O)c2cncc3c2cnn3-c2ccc(F)cc2)c1.O=C(Nc1cccc(C(F)(F)F)c1)c1cncc2c1cnn2-c1ccc(F)cc1. The predicted octanol–water partition coefficient (Wildman–Crippen LogP) is 21.2. The van der Waals surface area contributed by atoms with E-state index in [-0.39, 0.29) is 70.4 Å². The highest BCUT2D eigenvalue weighted by Gasteiger charge is 2.31. The standard InChI is InChI=1S/C23H17FN6O.C23H19FN4O3.C22H19FN4O.C20H12F4N4O.C19H14FN5O/c1-29-21(9-10-26-29)15-3-2-4-17(11-15)28-23(31)20-12-25-14-22-19(20)13-27-30(22)18-7-5-16(24)6-8-18;1-14(29)9-15-3-8-20(22(10-15)31-2)27-23(30)19-11-25-13-21-18(19)12-26-28(21)17-6-4-16(24)5-7-17;1-13-8-14(2)21(15(3)9-13)26-22(28)19-10-24-12-20-18(19)11-25-27(20)17-6-4-16(23)5-7-17;21-13-4-6-15(7-5-13)28-18-11-25-9-17(16(18)10-26-28)19(29)27-14-3-1-2-12(8-14)20(22,23)24;1-12-8-21-7-6-17(12)24-19(26)16-9-22-11-18-15(16)10-23-25(18)14-4-2-13(20)3-5-14/h2-14H,1H3,(H,28,31);3-8,10-13H,9H2,1-2H3,(H,27,30);4-12H,1-3H3,(H,26,28);1-11H,(H,27,29);2-11H,1H3,(H,21,24,26). The summed E-state index contributed by atoms with van der Waals surface area (Å²) in [6.45, 7) is 9.36. The Hall–Kier alpha value is -19.3. The number of alkyl halides is 3. The number of carbonyl (C=O) groups excluding carboxylic acids is 6. The first-order valence-corrected chi connectivity index (χ1v) is 44.3. The van der Waals surface area contributed by atoms with Gasteiger partial charge in [0.05, 0.1) is 170 Å². The molecule has 0 fully saturated rings. The van der Waals surface area contributed by atoms with E-state index in [0.29, 0.717) is 128 Å². The minimum atomic E-state index is -4.52. The van der Waals surface area contributed by atoms with Crippen molar-refractivity contribution in [3.05, 3.63) is 414 Å². The van der Waals surface area contributed by atoms with E-state index >= 15 is 0 Å². The van der Waals surface area contributed by atoms with Crippen molar-refractivity contribution in [1.29, 1.82) is 0 Å². The number of pyridine rings is 6. The van der Waals surface area contributed by atoms with Crippen molar-refractivity contribution >= 4 is 118 Å². The highest BCUT2D eigenvalue weighted by atomic mass is 19.4. The highest BCUT2D eigenvalue weighted by Crippen LogP contribution is 2.36. The summed E-state index contributed by atoms with van der Waals surface area (Å²) in [5, 5.41) is 42.9. The van der Waals surface area contributed by atoms with Gasteiger partial charge in [-0.1, -0.05) is 42.0 Å². The molecule has 30 nitrogen and oxygen atoms in total. The molecule has 0 spiro atoms. The molecule has 12 aromatic heterocycles. The Labute approximate surface area is 818 Å². The number of hydrogen-bond acceptors (Lipinski definition) is 19. The van der Waals surface area contributed by atoms with Crippen LogP contribution in [0.1, 0.15) is 92.1 Å². The number of nitrogens with zero attached hydrogens (tertiary/aromatic N) is 18. The van der Waals surface area contributed by atoms with Gasteiger partial charge in [0, 0.05) is 118 Å². The van der Waals surface area contributed by atoms with Gasteiger partial charge in [-0.05, 0) is 233 Å². The van der Waals surface area contributed by atoms with Gasteiger partial charge in [0.1, 0.15) is 40.6 Å². The Balaban J connectivity index is 0.000000124. The lowest BCUT2D eigenvalue weighted by Gasteiger charge is -2.13. The molecular weight excluding hydrogens is 1870 g/mol. The van der Waals surface area contributed by atoms with Gasteiger partial charge < -0.3 is 31.3 Å². The quantitative estimate of drug-likeness (QED) is 0.0469. The van der Waals surface area contributed by atoms with Gasteiger partial charge in [0.2, 0.25) is 0 Å². The zero-order valence-electron chi connectivity index (χ0n) is 77.7. The van der Waals surface area contributed by atoms with E-state index in [2.05, 4.69) is 87.1 Å². The zero-order chi connectivity index (χ0) is 102. The minimum Gasteiger partial charge on any atom is -0.495 e. The van der Waals surface area contributed by atoms with Crippen molar-refractivity contribution in [3.63, 3.8) is 0 Å². The van der Waals surface area contributed by atoms with Crippen LogP contribution in [0.25, 0.3) is 94.2 Å². The van der Waals surface area contributed by atoms with Gasteiger partial charge in [-0.25, -0.2) is 45.4 Å². The first-order valence-electron chi connectivity index (χ1n) is 44.3.